The summed E-state index contributed by atoms with van der Waals surface area (Å²) in [6, 6.07) is 3.80. The van der Waals surface area contributed by atoms with Crippen LogP contribution in [0.25, 0.3) is 0 Å². The summed E-state index contributed by atoms with van der Waals surface area (Å²) in [4.78, 5) is 3.76. The van der Waals surface area contributed by atoms with Crippen LogP contribution in [0.15, 0.2) is 27.8 Å². The number of nitrogens with one attached hydrogen (secondary N) is 1. The van der Waals surface area contributed by atoms with Gasteiger partial charge < -0.3 is 15.5 Å². The van der Waals surface area contributed by atoms with Gasteiger partial charge in [-0.25, -0.2) is 0 Å². The van der Waals surface area contributed by atoms with E-state index in [0.717, 1.165) is 18.7 Å². The van der Waals surface area contributed by atoms with Crippen molar-refractivity contribution in [1.82, 2.24) is 5.32 Å². The molecule has 1 aromatic heterocycles. The smallest absolute Gasteiger partial charge is 0.188 e. The van der Waals surface area contributed by atoms with Crippen LogP contribution in [0.5, 0.6) is 0 Å². The Morgan fingerprint density at radius 2 is 2.58 bits per heavy atom. The SMILES string of the molecule is CN=C(N)NCCc1ccco1. The van der Waals surface area contributed by atoms with Gasteiger partial charge in [-0.3, -0.25) is 4.99 Å². The quantitative estimate of drug-likeness (QED) is 0.504. The molecule has 0 atom stereocenters. The molecule has 0 amide bonds. The molecule has 12 heavy (non-hydrogen) atoms. The van der Waals surface area contributed by atoms with E-state index in [2.05, 4.69) is 10.3 Å². The summed E-state index contributed by atoms with van der Waals surface area (Å²) >= 11 is 0. The summed E-state index contributed by atoms with van der Waals surface area (Å²) < 4.78 is 5.13. The van der Waals surface area contributed by atoms with Crippen molar-refractivity contribution in [1.29, 1.82) is 0 Å². The van der Waals surface area contributed by atoms with E-state index in [4.69, 9.17) is 10.2 Å². The Labute approximate surface area is 71.5 Å². The van der Waals surface area contributed by atoms with Gasteiger partial charge in [0.25, 0.3) is 0 Å². The van der Waals surface area contributed by atoms with Crippen LogP contribution in [0, 0.1) is 0 Å². The molecule has 3 N–H and O–H groups in total. The lowest BCUT2D eigenvalue weighted by Gasteiger charge is -2.01. The van der Waals surface area contributed by atoms with Gasteiger partial charge in [-0.2, -0.15) is 0 Å². The van der Waals surface area contributed by atoms with Crippen LogP contribution < -0.4 is 11.1 Å². The molecular weight excluding hydrogens is 154 g/mol. The fourth-order valence-corrected chi connectivity index (χ4v) is 0.848. The summed E-state index contributed by atoms with van der Waals surface area (Å²) in [5.41, 5.74) is 5.42. The zero-order valence-electron chi connectivity index (χ0n) is 7.08. The van der Waals surface area contributed by atoms with Crippen LogP contribution >= 0.6 is 0 Å². The van der Waals surface area contributed by atoms with Crippen LogP contribution in [0.1, 0.15) is 5.76 Å². The first-order chi connectivity index (χ1) is 5.83. The molecule has 1 rings (SSSR count). The number of nitrogens with two attached hydrogens (primary N) is 1. The van der Waals surface area contributed by atoms with E-state index >= 15 is 0 Å². The lowest BCUT2D eigenvalue weighted by molar-refractivity contribution is 0.507. The molecule has 4 nitrogen and oxygen atoms in total. The number of hydrogen-bond donors (Lipinski definition) is 2. The molecule has 0 radical (unpaired) electrons. The Kier molecular flexibility index (Phi) is 3.19. The average Bonchev–Trinajstić information content (AvgIpc) is 2.57. The topological polar surface area (TPSA) is 63.5 Å². The average molecular weight is 167 g/mol. The van der Waals surface area contributed by atoms with Crippen LogP contribution in [0.2, 0.25) is 0 Å². The van der Waals surface area contributed by atoms with Crippen molar-refractivity contribution in [3.63, 3.8) is 0 Å². The first kappa shape index (κ1) is 8.64. The molecule has 0 aliphatic carbocycles. The second kappa shape index (κ2) is 4.43. The van der Waals surface area contributed by atoms with E-state index in [1.165, 1.54) is 0 Å². The monoisotopic (exact) mass is 167 g/mol. The Morgan fingerprint density at radius 1 is 1.75 bits per heavy atom. The van der Waals surface area contributed by atoms with Crippen molar-refractivity contribution < 1.29 is 4.42 Å². The van der Waals surface area contributed by atoms with Gasteiger partial charge in [0.1, 0.15) is 5.76 Å². The summed E-state index contributed by atoms with van der Waals surface area (Å²) in [6.45, 7) is 0.747. The van der Waals surface area contributed by atoms with Crippen molar-refractivity contribution in [3.8, 4) is 0 Å². The minimum atomic E-state index is 0.460. The maximum Gasteiger partial charge on any atom is 0.188 e. The normalized spacial score (nSPS) is 11.6. The van der Waals surface area contributed by atoms with Gasteiger partial charge >= 0.3 is 0 Å². The molecule has 0 saturated carbocycles. The number of rotatable bonds is 3. The second-order valence-corrected chi connectivity index (χ2v) is 2.36. The third-order valence-corrected chi connectivity index (χ3v) is 1.50. The maximum absolute atomic E-state index is 5.42. The molecule has 0 saturated heterocycles. The molecule has 0 aromatic carbocycles. The summed E-state index contributed by atoms with van der Waals surface area (Å²) in [5, 5.41) is 2.94. The summed E-state index contributed by atoms with van der Waals surface area (Å²) in [5.74, 6) is 1.41. The molecule has 66 valence electrons. The Balaban J connectivity index is 2.19. The fourth-order valence-electron chi connectivity index (χ4n) is 0.848. The molecule has 0 aliphatic heterocycles. The minimum absolute atomic E-state index is 0.460. The van der Waals surface area contributed by atoms with E-state index < -0.39 is 0 Å². The van der Waals surface area contributed by atoms with Crippen molar-refractivity contribution in [2.24, 2.45) is 10.7 Å². The zero-order chi connectivity index (χ0) is 8.81. The zero-order valence-corrected chi connectivity index (χ0v) is 7.08. The molecule has 0 aliphatic rings. The first-order valence-corrected chi connectivity index (χ1v) is 3.81. The van der Waals surface area contributed by atoms with E-state index in [9.17, 15) is 0 Å². The number of aliphatic imine (C=N–C) groups is 1. The number of nitrogens with zero attached hydrogens (tertiary/aromatic N) is 1. The molecular formula is C8H13N3O. The highest BCUT2D eigenvalue weighted by Gasteiger charge is 1.94. The highest BCUT2D eigenvalue weighted by atomic mass is 16.3. The Bertz CT molecular complexity index is 241. The van der Waals surface area contributed by atoms with E-state index in [1.54, 1.807) is 13.3 Å². The van der Waals surface area contributed by atoms with Crippen molar-refractivity contribution in [3.05, 3.63) is 24.2 Å². The second-order valence-electron chi connectivity index (χ2n) is 2.36. The predicted molar refractivity (Wildman–Crippen MR) is 48.0 cm³/mol. The van der Waals surface area contributed by atoms with Crippen molar-refractivity contribution in [2.75, 3.05) is 13.6 Å². The van der Waals surface area contributed by atoms with E-state index in [0.29, 0.717) is 5.96 Å². The van der Waals surface area contributed by atoms with Gasteiger partial charge in [-0.15, -0.1) is 0 Å². The number of guanidine groups is 1. The maximum atomic E-state index is 5.42. The highest BCUT2D eigenvalue weighted by Crippen LogP contribution is 1.98. The van der Waals surface area contributed by atoms with Crippen LogP contribution in [-0.4, -0.2) is 19.6 Å². The Morgan fingerprint density at radius 3 is 3.17 bits per heavy atom. The lowest BCUT2D eigenvalue weighted by Crippen LogP contribution is -2.32. The van der Waals surface area contributed by atoms with Gasteiger partial charge in [0.05, 0.1) is 6.26 Å². The van der Waals surface area contributed by atoms with Crippen LogP contribution in [0.3, 0.4) is 0 Å². The molecule has 0 unspecified atom stereocenters. The molecule has 0 fully saturated rings. The van der Waals surface area contributed by atoms with Crippen LogP contribution in [-0.2, 0) is 6.42 Å². The van der Waals surface area contributed by atoms with Crippen LogP contribution in [0.4, 0.5) is 0 Å². The van der Waals surface area contributed by atoms with Crippen molar-refractivity contribution >= 4 is 5.96 Å². The fraction of sp³-hybridized carbons (Fsp3) is 0.375. The molecule has 1 aromatic rings. The summed E-state index contributed by atoms with van der Waals surface area (Å²) in [6.07, 6.45) is 2.48. The van der Waals surface area contributed by atoms with Gasteiger partial charge in [0.15, 0.2) is 5.96 Å². The minimum Gasteiger partial charge on any atom is -0.469 e. The summed E-state index contributed by atoms with van der Waals surface area (Å²) in [7, 11) is 1.65. The first-order valence-electron chi connectivity index (χ1n) is 3.81. The standard InChI is InChI=1S/C8H13N3O/c1-10-8(9)11-5-4-7-3-2-6-12-7/h2-3,6H,4-5H2,1H3,(H3,9,10,11). The lowest BCUT2D eigenvalue weighted by atomic mass is 10.3. The number of hydrogen-bond acceptors (Lipinski definition) is 2. The molecule has 4 heteroatoms. The van der Waals surface area contributed by atoms with E-state index in [1.807, 2.05) is 12.1 Å². The van der Waals surface area contributed by atoms with Gasteiger partial charge in [-0.05, 0) is 12.1 Å². The van der Waals surface area contributed by atoms with Gasteiger partial charge in [0, 0.05) is 20.0 Å². The highest BCUT2D eigenvalue weighted by molar-refractivity contribution is 5.77. The molecule has 1 heterocycles. The molecule has 0 bridgehead atoms. The predicted octanol–water partition coefficient (Wildman–Crippen LogP) is 0.356. The van der Waals surface area contributed by atoms with Gasteiger partial charge in [-0.1, -0.05) is 0 Å². The largest absolute Gasteiger partial charge is 0.469 e. The van der Waals surface area contributed by atoms with Crippen molar-refractivity contribution in [2.45, 2.75) is 6.42 Å². The Hall–Kier alpha value is -1.45. The third kappa shape index (κ3) is 2.65. The van der Waals surface area contributed by atoms with Gasteiger partial charge in [0.2, 0.25) is 0 Å². The molecule has 0 spiro atoms. The van der Waals surface area contributed by atoms with E-state index in [-0.39, 0.29) is 0 Å². The third-order valence-electron chi connectivity index (χ3n) is 1.50. The number of furan rings is 1.